The summed E-state index contributed by atoms with van der Waals surface area (Å²) in [5.41, 5.74) is 28.9. The molecule has 0 aromatic heterocycles. The molecule has 0 unspecified atom stereocenters. The maximum Gasteiger partial charge on any atom is 0.243 e. The fraction of sp³-hybridized carbons (Fsp3) is 0.852. The molecular formula is C54H105N13O9. The summed E-state index contributed by atoms with van der Waals surface area (Å²) in [5, 5.41) is 32.7. The van der Waals surface area contributed by atoms with Crippen LogP contribution in [0.25, 0.3) is 0 Å². The van der Waals surface area contributed by atoms with Crippen molar-refractivity contribution in [3.05, 3.63) is 0 Å². The lowest BCUT2D eigenvalue weighted by atomic mass is 10.0. The molecule has 0 aromatic rings. The van der Waals surface area contributed by atoms with Crippen LogP contribution in [-0.2, 0) is 38.4 Å². The maximum atomic E-state index is 14.4. The second-order valence-electron chi connectivity index (χ2n) is 20.6. The van der Waals surface area contributed by atoms with Crippen LogP contribution in [0.1, 0.15) is 206 Å². The first-order valence-corrected chi connectivity index (χ1v) is 29.3. The molecule has 0 aliphatic carbocycles. The van der Waals surface area contributed by atoms with Crippen molar-refractivity contribution in [1.29, 1.82) is 0 Å². The highest BCUT2D eigenvalue weighted by molar-refractivity contribution is 5.97. The van der Waals surface area contributed by atoms with Crippen molar-refractivity contribution in [3.63, 3.8) is 0 Å². The third kappa shape index (κ3) is 33.6. The number of nitrogens with one attached hydrogen (secondary N) is 8. The number of nitrogens with two attached hydrogens (primary N) is 5. The fourth-order valence-electron chi connectivity index (χ4n) is 9.10. The molecule has 440 valence electrons. The molecular weight excluding hydrogens is 975 g/mol. The lowest BCUT2D eigenvalue weighted by Crippen LogP contribution is -2.59. The van der Waals surface area contributed by atoms with Gasteiger partial charge in [-0.1, -0.05) is 77.6 Å². The Balaban J connectivity index is 3.32. The average molecular weight is 1080 g/mol. The number of hydrogen-bond donors (Lipinski definition) is 14. The predicted molar refractivity (Wildman–Crippen MR) is 298 cm³/mol. The van der Waals surface area contributed by atoms with Crippen molar-refractivity contribution in [2.24, 2.45) is 28.7 Å². The molecule has 1 rings (SSSR count). The van der Waals surface area contributed by atoms with Gasteiger partial charge >= 0.3 is 0 Å². The van der Waals surface area contributed by atoms with Crippen molar-refractivity contribution in [2.45, 2.75) is 248 Å². The number of aliphatic hydroxyl groups excluding tert-OH is 1. The first-order chi connectivity index (χ1) is 36.7. The second kappa shape index (κ2) is 45.5. The van der Waals surface area contributed by atoms with Gasteiger partial charge in [0, 0.05) is 6.54 Å². The van der Waals surface area contributed by atoms with Gasteiger partial charge in [0.2, 0.25) is 47.3 Å². The standard InChI is InChI=1S/C54H105N13O9/c1-2-3-4-5-6-7-8-9-10-11-12-25-40(68)38-47(69)61-39-48(70)62-42(27-14-20-33-56)50(72)64-46-31-18-24-37-60-49(71)41(26-13-19-32-55)63-51(73)43(28-15-21-34-57)65-52(74)44(29-16-22-35-58)66-53(75)45(67-54(46)76)30-17-23-36-59/h40-46,68H,2-39,55-59H2,1H3,(H,60,71)(H,61,69)(H,62,70)(H,63,73)(H,64,72)(H,65,74)(H,66,75)(H,67,76)/t40-,41+,42+,43-,44-,45+,46-/m1/s1. The Kier molecular flexibility index (Phi) is 41.7. The summed E-state index contributed by atoms with van der Waals surface area (Å²) in [7, 11) is 0. The molecule has 1 aliphatic heterocycles. The van der Waals surface area contributed by atoms with E-state index in [0.717, 1.165) is 25.7 Å². The van der Waals surface area contributed by atoms with Crippen LogP contribution < -0.4 is 71.2 Å². The predicted octanol–water partition coefficient (Wildman–Crippen LogP) is 1.41. The second-order valence-corrected chi connectivity index (χ2v) is 20.6. The van der Waals surface area contributed by atoms with Crippen molar-refractivity contribution in [2.75, 3.05) is 45.8 Å². The number of carbonyl (C=O) groups is 8. The first-order valence-electron chi connectivity index (χ1n) is 29.3. The van der Waals surface area contributed by atoms with E-state index < -0.39 is 96.2 Å². The quantitative estimate of drug-likeness (QED) is 0.0387. The van der Waals surface area contributed by atoms with Crippen molar-refractivity contribution < 1.29 is 43.5 Å². The number of hydrogen-bond acceptors (Lipinski definition) is 14. The summed E-state index contributed by atoms with van der Waals surface area (Å²) in [6.07, 6.45) is 19.3. The minimum Gasteiger partial charge on any atom is -0.393 e. The molecule has 8 amide bonds. The number of carbonyl (C=O) groups excluding carboxylic acids is 8. The van der Waals surface area contributed by atoms with E-state index in [1.165, 1.54) is 44.9 Å². The van der Waals surface area contributed by atoms with Crippen molar-refractivity contribution in [3.8, 4) is 0 Å². The molecule has 22 nitrogen and oxygen atoms in total. The van der Waals surface area contributed by atoms with E-state index in [4.69, 9.17) is 28.7 Å². The fourth-order valence-corrected chi connectivity index (χ4v) is 9.10. The van der Waals surface area contributed by atoms with E-state index in [2.05, 4.69) is 49.5 Å². The van der Waals surface area contributed by atoms with Crippen LogP contribution in [0.2, 0.25) is 0 Å². The Morgan fingerprint density at radius 2 is 0.921 bits per heavy atom. The molecule has 7 atom stereocenters. The highest BCUT2D eigenvalue weighted by atomic mass is 16.3. The minimum atomic E-state index is -1.22. The highest BCUT2D eigenvalue weighted by Crippen LogP contribution is 2.15. The molecule has 76 heavy (non-hydrogen) atoms. The molecule has 1 saturated heterocycles. The largest absolute Gasteiger partial charge is 0.393 e. The molecule has 1 fully saturated rings. The molecule has 0 radical (unpaired) electrons. The van der Waals surface area contributed by atoms with Crippen molar-refractivity contribution in [1.82, 2.24) is 42.5 Å². The van der Waals surface area contributed by atoms with Crippen LogP contribution in [-0.4, -0.2) is 141 Å². The normalized spacial score (nSPS) is 20.1. The topological polar surface area (TPSA) is 383 Å². The van der Waals surface area contributed by atoms with Gasteiger partial charge in [0.25, 0.3) is 0 Å². The lowest BCUT2D eigenvalue weighted by Gasteiger charge is -2.28. The van der Waals surface area contributed by atoms with Gasteiger partial charge in [-0.2, -0.15) is 0 Å². The number of aliphatic hydroxyl groups is 1. The summed E-state index contributed by atoms with van der Waals surface area (Å²) in [4.78, 5) is 111. The highest BCUT2D eigenvalue weighted by Gasteiger charge is 2.33. The summed E-state index contributed by atoms with van der Waals surface area (Å²) in [6, 6.07) is -6.65. The molecule has 1 heterocycles. The molecule has 19 N–H and O–H groups in total. The van der Waals surface area contributed by atoms with Gasteiger partial charge in [0.1, 0.15) is 36.3 Å². The van der Waals surface area contributed by atoms with Crippen LogP contribution >= 0.6 is 0 Å². The smallest absolute Gasteiger partial charge is 0.243 e. The molecule has 0 saturated carbocycles. The Bertz CT molecular complexity index is 1630. The summed E-state index contributed by atoms with van der Waals surface area (Å²) in [5.74, 6) is -4.80. The molecule has 0 spiro atoms. The third-order valence-electron chi connectivity index (χ3n) is 13.8. The minimum absolute atomic E-state index is 0.0664. The number of rotatable bonds is 39. The van der Waals surface area contributed by atoms with E-state index in [9.17, 15) is 43.5 Å². The molecule has 22 heteroatoms. The zero-order valence-corrected chi connectivity index (χ0v) is 46.5. The Hall–Kier alpha value is -4.48. The van der Waals surface area contributed by atoms with Crippen LogP contribution in [0.5, 0.6) is 0 Å². The van der Waals surface area contributed by atoms with Gasteiger partial charge in [0.05, 0.1) is 19.1 Å². The van der Waals surface area contributed by atoms with Crippen LogP contribution in [0.3, 0.4) is 0 Å². The van der Waals surface area contributed by atoms with E-state index in [0.29, 0.717) is 116 Å². The first kappa shape index (κ1) is 69.5. The zero-order valence-electron chi connectivity index (χ0n) is 46.5. The van der Waals surface area contributed by atoms with Gasteiger partial charge in [0.15, 0.2) is 0 Å². The van der Waals surface area contributed by atoms with E-state index >= 15 is 0 Å². The van der Waals surface area contributed by atoms with Crippen LogP contribution in [0, 0.1) is 0 Å². The Labute approximate surface area is 454 Å². The van der Waals surface area contributed by atoms with Crippen LogP contribution in [0.4, 0.5) is 0 Å². The van der Waals surface area contributed by atoms with Crippen LogP contribution in [0.15, 0.2) is 0 Å². The molecule has 1 aliphatic rings. The summed E-state index contributed by atoms with van der Waals surface area (Å²) >= 11 is 0. The summed E-state index contributed by atoms with van der Waals surface area (Å²) in [6.45, 7) is 3.68. The Morgan fingerprint density at radius 1 is 0.513 bits per heavy atom. The average Bonchev–Trinajstić information content (AvgIpc) is 3.39. The SMILES string of the molecule is CCCCCCCCCCCCC[C@@H](O)CC(=O)NCC(=O)N[C@@H](CCCCN)C(=O)N[C@@H]1CCCCNC(=O)[C@H](CCCCN)NC(=O)[C@@H](CCCCN)NC(=O)[C@@H](CCCCN)NC(=O)[C@H](CCCCN)NC1=O. The van der Waals surface area contributed by atoms with E-state index in [1.807, 2.05) is 0 Å². The molecule has 0 aromatic carbocycles. The zero-order chi connectivity index (χ0) is 56.2. The van der Waals surface area contributed by atoms with E-state index in [-0.39, 0.29) is 51.5 Å². The third-order valence-corrected chi connectivity index (χ3v) is 13.8. The van der Waals surface area contributed by atoms with Gasteiger partial charge in [-0.15, -0.1) is 0 Å². The van der Waals surface area contributed by atoms with Gasteiger partial charge < -0.3 is 76.3 Å². The van der Waals surface area contributed by atoms with Gasteiger partial charge in [-0.3, -0.25) is 38.4 Å². The Morgan fingerprint density at radius 3 is 1.38 bits per heavy atom. The van der Waals surface area contributed by atoms with Crippen molar-refractivity contribution >= 4 is 47.3 Å². The summed E-state index contributed by atoms with van der Waals surface area (Å²) < 4.78 is 0. The molecule has 0 bridgehead atoms. The lowest BCUT2D eigenvalue weighted by molar-refractivity contribution is -0.135. The monoisotopic (exact) mass is 1080 g/mol. The van der Waals surface area contributed by atoms with Gasteiger partial charge in [-0.25, -0.2) is 0 Å². The number of amides is 8. The number of unbranched alkanes of at least 4 members (excludes halogenated alkanes) is 15. The van der Waals surface area contributed by atoms with E-state index in [1.54, 1.807) is 0 Å². The maximum absolute atomic E-state index is 14.4. The van der Waals surface area contributed by atoms with Gasteiger partial charge in [-0.05, 0) is 155 Å².